The predicted octanol–water partition coefficient (Wildman–Crippen LogP) is 1.98. The molecule has 0 aliphatic carbocycles. The highest BCUT2D eigenvalue weighted by molar-refractivity contribution is 6.05. The maximum Gasteiger partial charge on any atom is 0.275 e. The number of nitrogens with one attached hydrogen (secondary N) is 1. The average molecular weight is 363 g/mol. The van der Waals surface area contributed by atoms with E-state index < -0.39 is 0 Å². The number of benzene rings is 1. The molecule has 1 saturated heterocycles. The lowest BCUT2D eigenvalue weighted by molar-refractivity contribution is -0.121. The molecule has 1 fully saturated rings. The van der Waals surface area contributed by atoms with Gasteiger partial charge in [-0.1, -0.05) is 24.3 Å². The Morgan fingerprint density at radius 1 is 1.04 bits per heavy atom. The molecule has 138 valence electrons. The molecule has 4 rings (SSSR count). The van der Waals surface area contributed by atoms with E-state index in [9.17, 15) is 9.59 Å². The first-order valence-corrected chi connectivity index (χ1v) is 9.14. The van der Waals surface area contributed by atoms with E-state index in [1.54, 1.807) is 10.9 Å². The molecule has 27 heavy (non-hydrogen) atoms. The van der Waals surface area contributed by atoms with Gasteiger partial charge >= 0.3 is 0 Å². The van der Waals surface area contributed by atoms with Gasteiger partial charge in [0.2, 0.25) is 5.91 Å². The summed E-state index contributed by atoms with van der Waals surface area (Å²) in [5, 5.41) is 8.11. The molecule has 1 aliphatic heterocycles. The number of hydrogen-bond donors (Lipinski definition) is 1. The van der Waals surface area contributed by atoms with Gasteiger partial charge in [-0.2, -0.15) is 5.10 Å². The summed E-state index contributed by atoms with van der Waals surface area (Å²) >= 11 is 0. The molecule has 3 aromatic rings. The molecule has 0 saturated carbocycles. The zero-order valence-corrected chi connectivity index (χ0v) is 15.0. The molecule has 2 aromatic heterocycles. The smallest absolute Gasteiger partial charge is 0.275 e. The second-order valence-electron chi connectivity index (χ2n) is 6.62. The van der Waals surface area contributed by atoms with Gasteiger partial charge in [0.1, 0.15) is 6.54 Å². The van der Waals surface area contributed by atoms with E-state index in [1.807, 2.05) is 47.4 Å². The number of likely N-dealkylation sites (tertiary alicyclic amines) is 1. The molecule has 1 N–H and O–H groups in total. The van der Waals surface area contributed by atoms with Gasteiger partial charge in [0, 0.05) is 24.7 Å². The van der Waals surface area contributed by atoms with E-state index in [-0.39, 0.29) is 18.4 Å². The molecule has 1 aliphatic rings. The number of pyridine rings is 1. The van der Waals surface area contributed by atoms with Crippen molar-refractivity contribution in [2.24, 2.45) is 0 Å². The third-order valence-corrected chi connectivity index (χ3v) is 4.74. The van der Waals surface area contributed by atoms with Crippen molar-refractivity contribution in [3.05, 3.63) is 60.0 Å². The van der Waals surface area contributed by atoms with Gasteiger partial charge in [0.15, 0.2) is 5.69 Å². The Morgan fingerprint density at radius 3 is 2.59 bits per heavy atom. The van der Waals surface area contributed by atoms with E-state index in [0.717, 1.165) is 42.5 Å². The fraction of sp³-hybridized carbons (Fsp3) is 0.300. The summed E-state index contributed by atoms with van der Waals surface area (Å²) in [5.41, 5.74) is 2.00. The van der Waals surface area contributed by atoms with Crippen LogP contribution in [-0.4, -0.2) is 44.6 Å². The Balaban J connectivity index is 1.53. The van der Waals surface area contributed by atoms with E-state index in [2.05, 4.69) is 15.4 Å². The highest BCUT2D eigenvalue weighted by atomic mass is 16.2. The summed E-state index contributed by atoms with van der Waals surface area (Å²) in [6.45, 7) is 1.95. The van der Waals surface area contributed by atoms with Crippen molar-refractivity contribution in [3.63, 3.8) is 0 Å². The summed E-state index contributed by atoms with van der Waals surface area (Å²) in [6.07, 6.45) is 3.75. The molecule has 2 amide bonds. The van der Waals surface area contributed by atoms with Crippen molar-refractivity contribution < 1.29 is 9.59 Å². The van der Waals surface area contributed by atoms with Gasteiger partial charge < -0.3 is 10.2 Å². The van der Waals surface area contributed by atoms with Gasteiger partial charge in [-0.05, 0) is 31.0 Å². The van der Waals surface area contributed by atoms with Crippen LogP contribution in [0.2, 0.25) is 0 Å². The highest BCUT2D eigenvalue weighted by Gasteiger charge is 2.25. The predicted molar refractivity (Wildman–Crippen MR) is 101 cm³/mol. The summed E-state index contributed by atoms with van der Waals surface area (Å²) < 4.78 is 1.60. The third kappa shape index (κ3) is 3.67. The molecular formula is C20H21N5O2. The Hall–Kier alpha value is -3.22. The minimum atomic E-state index is -0.172. The number of carbonyl (C=O) groups is 2. The van der Waals surface area contributed by atoms with Gasteiger partial charge in [-0.15, -0.1) is 0 Å². The Kier molecular flexibility index (Phi) is 4.82. The minimum absolute atomic E-state index is 0.0562. The van der Waals surface area contributed by atoms with E-state index in [4.69, 9.17) is 0 Å². The fourth-order valence-corrected chi connectivity index (χ4v) is 3.36. The lowest BCUT2D eigenvalue weighted by Crippen LogP contribution is -2.29. The van der Waals surface area contributed by atoms with Crippen LogP contribution in [0, 0.1) is 0 Å². The van der Waals surface area contributed by atoms with Crippen LogP contribution in [0.15, 0.2) is 48.7 Å². The number of hydrogen-bond acceptors (Lipinski definition) is 4. The van der Waals surface area contributed by atoms with Crippen molar-refractivity contribution in [2.45, 2.75) is 25.9 Å². The molecule has 1 aromatic carbocycles. The quantitative estimate of drug-likeness (QED) is 0.752. The van der Waals surface area contributed by atoms with Gasteiger partial charge in [-0.3, -0.25) is 19.3 Å². The number of nitrogens with zero attached hydrogens (tertiary/aromatic N) is 4. The maximum atomic E-state index is 12.8. The molecule has 0 atom stereocenters. The normalized spacial score (nSPS) is 13.9. The van der Waals surface area contributed by atoms with Crippen molar-refractivity contribution in [3.8, 4) is 0 Å². The maximum absolute atomic E-state index is 12.8. The number of amides is 2. The zero-order chi connectivity index (χ0) is 18.6. The number of rotatable bonds is 5. The van der Waals surface area contributed by atoms with Crippen LogP contribution in [0.1, 0.15) is 29.0 Å². The van der Waals surface area contributed by atoms with E-state index >= 15 is 0 Å². The van der Waals surface area contributed by atoms with E-state index in [0.29, 0.717) is 12.2 Å². The Bertz CT molecular complexity index is 961. The lowest BCUT2D eigenvalue weighted by atomic mass is 10.2. The Labute approximate surface area is 157 Å². The third-order valence-electron chi connectivity index (χ3n) is 4.74. The fourth-order valence-electron chi connectivity index (χ4n) is 3.36. The second kappa shape index (κ2) is 7.57. The number of carbonyl (C=O) groups excluding carboxylic acids is 2. The standard InChI is InChI=1S/C20H21N5O2/c26-18(22-13-15-7-3-4-10-21-15)14-25-17-9-2-1-8-16(17)19(23-25)20(27)24-11-5-6-12-24/h1-4,7-10H,5-6,11-14H2,(H,22,26). The van der Waals surface area contributed by atoms with Crippen molar-refractivity contribution in [1.29, 1.82) is 0 Å². The summed E-state index contributed by atoms with van der Waals surface area (Å²) in [5.74, 6) is -0.231. The van der Waals surface area contributed by atoms with Gasteiger partial charge in [0.25, 0.3) is 5.91 Å². The van der Waals surface area contributed by atoms with Crippen LogP contribution < -0.4 is 5.32 Å². The molecule has 7 nitrogen and oxygen atoms in total. The summed E-state index contributed by atoms with van der Waals surface area (Å²) in [6, 6.07) is 13.1. The van der Waals surface area contributed by atoms with Crippen molar-refractivity contribution in [2.75, 3.05) is 13.1 Å². The minimum Gasteiger partial charge on any atom is -0.349 e. The lowest BCUT2D eigenvalue weighted by Gasteiger charge is -2.13. The molecule has 0 radical (unpaired) electrons. The van der Waals surface area contributed by atoms with Crippen molar-refractivity contribution in [1.82, 2.24) is 25.0 Å². The van der Waals surface area contributed by atoms with Crippen LogP contribution in [0.4, 0.5) is 0 Å². The molecule has 3 heterocycles. The van der Waals surface area contributed by atoms with Crippen LogP contribution >= 0.6 is 0 Å². The molecule has 0 unspecified atom stereocenters. The molecule has 7 heteroatoms. The number of para-hydroxylation sites is 1. The first-order valence-electron chi connectivity index (χ1n) is 9.14. The van der Waals surface area contributed by atoms with Gasteiger partial charge in [-0.25, -0.2) is 0 Å². The highest BCUT2D eigenvalue weighted by Crippen LogP contribution is 2.21. The largest absolute Gasteiger partial charge is 0.349 e. The monoisotopic (exact) mass is 363 g/mol. The molecular weight excluding hydrogens is 342 g/mol. The molecule has 0 spiro atoms. The summed E-state index contributed by atoms with van der Waals surface area (Å²) in [7, 11) is 0. The number of aromatic nitrogens is 3. The van der Waals surface area contributed by atoms with Crippen LogP contribution in [0.5, 0.6) is 0 Å². The van der Waals surface area contributed by atoms with Crippen LogP contribution in [-0.2, 0) is 17.9 Å². The second-order valence-corrected chi connectivity index (χ2v) is 6.62. The zero-order valence-electron chi connectivity index (χ0n) is 15.0. The van der Waals surface area contributed by atoms with Crippen LogP contribution in [0.25, 0.3) is 10.9 Å². The topological polar surface area (TPSA) is 80.1 Å². The van der Waals surface area contributed by atoms with Gasteiger partial charge in [0.05, 0.1) is 17.8 Å². The first-order chi connectivity index (χ1) is 13.2. The van der Waals surface area contributed by atoms with Crippen molar-refractivity contribution >= 4 is 22.7 Å². The Morgan fingerprint density at radius 2 is 1.81 bits per heavy atom. The van der Waals surface area contributed by atoms with E-state index in [1.165, 1.54) is 0 Å². The van der Waals surface area contributed by atoms with Crippen LogP contribution in [0.3, 0.4) is 0 Å². The SMILES string of the molecule is O=C(Cn1nc(C(=O)N2CCCC2)c2ccccc21)NCc1ccccn1. The average Bonchev–Trinajstić information content (AvgIpc) is 3.36. The summed E-state index contributed by atoms with van der Waals surface area (Å²) in [4.78, 5) is 31.2. The first kappa shape index (κ1) is 17.2. The number of fused-ring (bicyclic) bond motifs is 1. The molecule has 0 bridgehead atoms.